The van der Waals surface area contributed by atoms with Gasteiger partial charge in [0.1, 0.15) is 17.5 Å². The highest BCUT2D eigenvalue weighted by Crippen LogP contribution is 2.20. The van der Waals surface area contributed by atoms with Crippen LogP contribution in [0.15, 0.2) is 42.5 Å². The van der Waals surface area contributed by atoms with Crippen LogP contribution >= 0.6 is 0 Å². The van der Waals surface area contributed by atoms with Crippen LogP contribution in [0.3, 0.4) is 0 Å². The van der Waals surface area contributed by atoms with E-state index in [4.69, 9.17) is 9.47 Å². The lowest BCUT2D eigenvalue weighted by Crippen LogP contribution is -2.50. The third kappa shape index (κ3) is 6.51. The normalized spacial score (nSPS) is 11.7. The van der Waals surface area contributed by atoms with E-state index >= 15 is 0 Å². The molecule has 0 saturated heterocycles. The van der Waals surface area contributed by atoms with Crippen LogP contribution in [-0.4, -0.2) is 42.5 Å². The Bertz CT molecular complexity index is 862. The van der Waals surface area contributed by atoms with E-state index in [-0.39, 0.29) is 24.5 Å². The molecule has 30 heavy (non-hydrogen) atoms. The first-order valence-electron chi connectivity index (χ1n) is 10.1. The van der Waals surface area contributed by atoms with Crippen molar-refractivity contribution in [3.63, 3.8) is 0 Å². The Labute approximate surface area is 179 Å². The van der Waals surface area contributed by atoms with E-state index in [0.717, 1.165) is 22.4 Å². The molecule has 1 atom stereocenters. The molecule has 0 spiro atoms. The highest BCUT2D eigenvalue weighted by molar-refractivity contribution is 5.88. The average molecular weight is 413 g/mol. The highest BCUT2D eigenvalue weighted by Gasteiger charge is 2.27. The summed E-state index contributed by atoms with van der Waals surface area (Å²) in [6.07, 6.45) is 0. The summed E-state index contributed by atoms with van der Waals surface area (Å²) in [6, 6.07) is 12.7. The molecule has 0 aromatic heterocycles. The Hall–Kier alpha value is -3.02. The Morgan fingerprint density at radius 2 is 1.70 bits per heavy atom. The lowest BCUT2D eigenvalue weighted by molar-refractivity contribution is -0.142. The summed E-state index contributed by atoms with van der Waals surface area (Å²) in [5.41, 5.74) is 2.92. The number of carbonyl (C=O) groups is 2. The van der Waals surface area contributed by atoms with Gasteiger partial charge in [-0.05, 0) is 69.5 Å². The molecule has 6 heteroatoms. The SMILES string of the molecule is COc1ccc(CN(C(=O)COc2cc(C)ccc2C)C(C)C(=O)NC(C)C)cc1. The molecule has 0 aliphatic heterocycles. The van der Waals surface area contributed by atoms with Gasteiger partial charge in [-0.15, -0.1) is 0 Å². The van der Waals surface area contributed by atoms with Crippen molar-refractivity contribution in [1.29, 1.82) is 0 Å². The molecule has 1 N–H and O–H groups in total. The van der Waals surface area contributed by atoms with Gasteiger partial charge >= 0.3 is 0 Å². The summed E-state index contributed by atoms with van der Waals surface area (Å²) >= 11 is 0. The van der Waals surface area contributed by atoms with Crippen LogP contribution < -0.4 is 14.8 Å². The first-order chi connectivity index (χ1) is 14.2. The molecule has 162 valence electrons. The van der Waals surface area contributed by atoms with E-state index in [1.54, 1.807) is 18.9 Å². The molecule has 0 fully saturated rings. The minimum absolute atomic E-state index is 0.0101. The summed E-state index contributed by atoms with van der Waals surface area (Å²) in [4.78, 5) is 27.2. The van der Waals surface area contributed by atoms with Gasteiger partial charge in [-0.25, -0.2) is 0 Å². The highest BCUT2D eigenvalue weighted by atomic mass is 16.5. The second-order valence-corrected chi connectivity index (χ2v) is 7.77. The van der Waals surface area contributed by atoms with Crippen LogP contribution in [0.4, 0.5) is 0 Å². The van der Waals surface area contributed by atoms with Gasteiger partial charge in [0, 0.05) is 12.6 Å². The zero-order chi connectivity index (χ0) is 22.3. The molecule has 0 heterocycles. The number of benzene rings is 2. The number of hydrogen-bond acceptors (Lipinski definition) is 4. The minimum Gasteiger partial charge on any atom is -0.497 e. The number of nitrogens with one attached hydrogen (secondary N) is 1. The van der Waals surface area contributed by atoms with Crippen LogP contribution in [0.25, 0.3) is 0 Å². The van der Waals surface area contributed by atoms with Gasteiger partial charge in [-0.1, -0.05) is 24.3 Å². The fourth-order valence-electron chi connectivity index (χ4n) is 3.00. The van der Waals surface area contributed by atoms with Crippen LogP contribution in [-0.2, 0) is 16.1 Å². The fourth-order valence-corrected chi connectivity index (χ4v) is 3.00. The number of amides is 2. The van der Waals surface area contributed by atoms with Gasteiger partial charge in [-0.3, -0.25) is 9.59 Å². The maximum absolute atomic E-state index is 13.1. The third-order valence-electron chi connectivity index (χ3n) is 4.80. The monoisotopic (exact) mass is 412 g/mol. The van der Waals surface area contributed by atoms with E-state index < -0.39 is 6.04 Å². The number of aryl methyl sites for hydroxylation is 2. The van der Waals surface area contributed by atoms with Crippen molar-refractivity contribution >= 4 is 11.8 Å². The summed E-state index contributed by atoms with van der Waals surface area (Å²) < 4.78 is 11.0. The summed E-state index contributed by atoms with van der Waals surface area (Å²) in [7, 11) is 1.60. The number of hydrogen-bond donors (Lipinski definition) is 1. The van der Waals surface area contributed by atoms with Crippen LogP contribution in [0, 0.1) is 13.8 Å². The van der Waals surface area contributed by atoms with Gasteiger partial charge in [0.2, 0.25) is 5.91 Å². The molecule has 1 unspecified atom stereocenters. The van der Waals surface area contributed by atoms with Gasteiger partial charge < -0.3 is 19.7 Å². The van der Waals surface area contributed by atoms with Crippen molar-refractivity contribution in [2.75, 3.05) is 13.7 Å². The quantitative estimate of drug-likeness (QED) is 0.683. The number of carbonyl (C=O) groups excluding carboxylic acids is 2. The standard InChI is InChI=1S/C24H32N2O4/c1-16(2)25-24(28)19(5)26(14-20-9-11-21(29-6)12-10-20)23(27)15-30-22-13-17(3)7-8-18(22)4/h7-13,16,19H,14-15H2,1-6H3,(H,25,28). The largest absolute Gasteiger partial charge is 0.497 e. The molecule has 6 nitrogen and oxygen atoms in total. The zero-order valence-corrected chi connectivity index (χ0v) is 18.7. The number of methoxy groups -OCH3 is 1. The third-order valence-corrected chi connectivity index (χ3v) is 4.80. The maximum atomic E-state index is 13.1. The van der Waals surface area contributed by atoms with Crippen LogP contribution in [0.2, 0.25) is 0 Å². The van der Waals surface area contributed by atoms with Crippen LogP contribution in [0.5, 0.6) is 11.5 Å². The van der Waals surface area contributed by atoms with Gasteiger partial charge in [0.25, 0.3) is 5.91 Å². The molecule has 0 radical (unpaired) electrons. The predicted octanol–water partition coefficient (Wildman–Crippen LogP) is 3.63. The number of nitrogens with zero attached hydrogens (tertiary/aromatic N) is 1. The smallest absolute Gasteiger partial charge is 0.261 e. The second-order valence-electron chi connectivity index (χ2n) is 7.77. The first kappa shape index (κ1) is 23.3. The van der Waals surface area contributed by atoms with Gasteiger partial charge in [-0.2, -0.15) is 0 Å². The maximum Gasteiger partial charge on any atom is 0.261 e. The molecule has 2 aromatic rings. The van der Waals surface area contributed by atoms with E-state index in [2.05, 4.69) is 5.32 Å². The van der Waals surface area contributed by atoms with E-state index in [1.165, 1.54) is 0 Å². The van der Waals surface area contributed by atoms with E-state index in [1.807, 2.05) is 70.2 Å². The summed E-state index contributed by atoms with van der Waals surface area (Å²) in [6.45, 7) is 9.59. The lowest BCUT2D eigenvalue weighted by Gasteiger charge is -2.29. The topological polar surface area (TPSA) is 67.9 Å². The Balaban J connectivity index is 2.18. The summed E-state index contributed by atoms with van der Waals surface area (Å²) in [5, 5.41) is 2.88. The van der Waals surface area contributed by atoms with Crippen molar-refractivity contribution in [3.8, 4) is 11.5 Å². The Morgan fingerprint density at radius 3 is 2.30 bits per heavy atom. The van der Waals surface area contributed by atoms with Gasteiger partial charge in [0.15, 0.2) is 6.61 Å². The lowest BCUT2D eigenvalue weighted by atomic mass is 10.1. The summed E-state index contributed by atoms with van der Waals surface area (Å²) in [5.74, 6) is 0.962. The molecular formula is C24H32N2O4. The molecule has 0 aliphatic rings. The fraction of sp³-hybridized carbons (Fsp3) is 0.417. The van der Waals surface area contributed by atoms with E-state index in [9.17, 15) is 9.59 Å². The van der Waals surface area contributed by atoms with Crippen molar-refractivity contribution in [2.45, 2.75) is 53.2 Å². The minimum atomic E-state index is -0.635. The zero-order valence-electron chi connectivity index (χ0n) is 18.7. The Kier molecular flexibility index (Phi) is 8.27. The van der Waals surface area contributed by atoms with Crippen molar-refractivity contribution < 1.29 is 19.1 Å². The van der Waals surface area contributed by atoms with E-state index in [0.29, 0.717) is 12.3 Å². The molecule has 0 aliphatic carbocycles. The molecule has 2 rings (SSSR count). The van der Waals surface area contributed by atoms with Crippen molar-refractivity contribution in [2.24, 2.45) is 0 Å². The first-order valence-corrected chi connectivity index (χ1v) is 10.1. The molecular weight excluding hydrogens is 380 g/mol. The average Bonchev–Trinajstić information content (AvgIpc) is 2.71. The number of ether oxygens (including phenoxy) is 2. The van der Waals surface area contributed by atoms with Crippen molar-refractivity contribution in [3.05, 3.63) is 59.2 Å². The molecule has 0 bridgehead atoms. The molecule has 2 aromatic carbocycles. The second kappa shape index (κ2) is 10.7. The van der Waals surface area contributed by atoms with Crippen molar-refractivity contribution in [1.82, 2.24) is 10.2 Å². The Morgan fingerprint density at radius 1 is 1.03 bits per heavy atom. The number of rotatable bonds is 9. The molecule has 0 saturated carbocycles. The predicted molar refractivity (Wildman–Crippen MR) is 118 cm³/mol. The van der Waals surface area contributed by atoms with Gasteiger partial charge in [0.05, 0.1) is 7.11 Å². The molecule has 2 amide bonds. The van der Waals surface area contributed by atoms with Crippen LogP contribution in [0.1, 0.15) is 37.5 Å².